The summed E-state index contributed by atoms with van der Waals surface area (Å²) in [6, 6.07) is -0.911. The van der Waals surface area contributed by atoms with E-state index in [4.69, 9.17) is 4.55 Å². The number of rotatable bonds is 5. The highest BCUT2D eigenvalue weighted by molar-refractivity contribution is 7.80. The maximum atomic E-state index is 11.4. The number of carbonyl (C=O) groups excluding carboxylic acids is 2. The maximum Gasteiger partial charge on any atom is 0.418 e. The van der Waals surface area contributed by atoms with Crippen LogP contribution in [0.15, 0.2) is 6.33 Å². The molecule has 19 heavy (non-hydrogen) atoms. The molecule has 2 amide bonds. The molecule has 1 aliphatic rings. The third kappa shape index (κ3) is 3.43. The molecular weight excluding hydrogens is 284 g/mol. The van der Waals surface area contributed by atoms with Crippen molar-refractivity contribution in [3.8, 4) is 0 Å². The van der Waals surface area contributed by atoms with Crippen LogP contribution in [0.3, 0.4) is 0 Å². The van der Waals surface area contributed by atoms with Crippen LogP contribution in [0.1, 0.15) is 0 Å². The van der Waals surface area contributed by atoms with Gasteiger partial charge < -0.3 is 5.32 Å². The molecule has 1 aliphatic heterocycles. The normalized spacial score (nSPS) is 19.1. The fourth-order valence-electron chi connectivity index (χ4n) is 1.32. The number of amides is 2. The molecule has 0 spiro atoms. The third-order valence-corrected chi connectivity index (χ3v) is 2.48. The fourth-order valence-corrected chi connectivity index (χ4v) is 1.69. The Bertz CT molecular complexity index is 583. The maximum absolute atomic E-state index is 11.4. The van der Waals surface area contributed by atoms with E-state index < -0.39 is 28.3 Å². The molecule has 1 saturated heterocycles. The highest BCUT2D eigenvalue weighted by Crippen LogP contribution is 2.12. The van der Waals surface area contributed by atoms with Gasteiger partial charge in [0, 0.05) is 0 Å². The van der Waals surface area contributed by atoms with E-state index in [1.165, 1.54) is 6.33 Å². The number of aromatic nitrogens is 4. The Morgan fingerprint density at radius 2 is 2.37 bits per heavy atom. The minimum absolute atomic E-state index is 0.185. The van der Waals surface area contributed by atoms with Crippen LogP contribution in [0.2, 0.25) is 0 Å². The summed E-state index contributed by atoms with van der Waals surface area (Å²) in [5, 5.41) is 12.8. The summed E-state index contributed by atoms with van der Waals surface area (Å²) in [7, 11) is -4.75. The smallest absolute Gasteiger partial charge is 0.341 e. The van der Waals surface area contributed by atoms with Crippen molar-refractivity contribution < 1.29 is 26.8 Å². The molecule has 1 aromatic rings. The summed E-state index contributed by atoms with van der Waals surface area (Å²) >= 11 is 0. The Kier molecular flexibility index (Phi) is 3.41. The van der Waals surface area contributed by atoms with Crippen LogP contribution in [0.4, 0.5) is 0 Å². The molecule has 0 bridgehead atoms. The van der Waals surface area contributed by atoms with Crippen molar-refractivity contribution in [2.75, 3.05) is 6.54 Å². The highest BCUT2D eigenvalue weighted by atomic mass is 32.3. The van der Waals surface area contributed by atoms with Crippen molar-refractivity contribution in [3.05, 3.63) is 6.33 Å². The number of tetrazole rings is 1. The first-order valence-electron chi connectivity index (χ1n) is 4.84. The summed E-state index contributed by atoms with van der Waals surface area (Å²) in [5.41, 5.74) is 0. The molecule has 0 radical (unpaired) electrons. The Morgan fingerprint density at radius 3 is 2.89 bits per heavy atom. The van der Waals surface area contributed by atoms with E-state index in [0.29, 0.717) is 5.06 Å². The van der Waals surface area contributed by atoms with Crippen LogP contribution in [0.25, 0.3) is 0 Å². The van der Waals surface area contributed by atoms with E-state index >= 15 is 0 Å². The summed E-state index contributed by atoms with van der Waals surface area (Å²) in [6.07, 6.45) is 1.22. The lowest BCUT2D eigenvalue weighted by atomic mass is 10.1. The van der Waals surface area contributed by atoms with E-state index in [9.17, 15) is 18.0 Å². The Hall–Kier alpha value is -2.12. The van der Waals surface area contributed by atoms with Gasteiger partial charge in [0.2, 0.25) is 5.91 Å². The number of hydrogen-bond donors (Lipinski definition) is 2. The molecule has 1 atom stereocenters. The van der Waals surface area contributed by atoms with Gasteiger partial charge in [-0.2, -0.15) is 13.5 Å². The predicted octanol–water partition coefficient (Wildman–Crippen LogP) is -3.27. The van der Waals surface area contributed by atoms with E-state index in [1.54, 1.807) is 0 Å². The second-order valence-electron chi connectivity index (χ2n) is 3.53. The van der Waals surface area contributed by atoms with Gasteiger partial charge in [0.05, 0.1) is 6.54 Å². The molecule has 104 valence electrons. The summed E-state index contributed by atoms with van der Waals surface area (Å²) in [5.74, 6) is -1.32. The van der Waals surface area contributed by atoms with E-state index in [0.717, 1.165) is 4.68 Å². The van der Waals surface area contributed by atoms with E-state index in [1.807, 2.05) is 0 Å². The first kappa shape index (κ1) is 13.3. The van der Waals surface area contributed by atoms with Gasteiger partial charge in [0.15, 0.2) is 0 Å². The van der Waals surface area contributed by atoms with Crippen molar-refractivity contribution in [2.45, 2.75) is 12.6 Å². The monoisotopic (exact) mass is 292 g/mol. The van der Waals surface area contributed by atoms with Crippen LogP contribution in [0.5, 0.6) is 0 Å². The van der Waals surface area contributed by atoms with Crippen molar-refractivity contribution >= 4 is 22.2 Å². The minimum atomic E-state index is -4.75. The van der Waals surface area contributed by atoms with Crippen molar-refractivity contribution in [1.29, 1.82) is 0 Å². The van der Waals surface area contributed by atoms with Gasteiger partial charge in [-0.05, 0) is 10.4 Å². The lowest BCUT2D eigenvalue weighted by molar-refractivity contribution is -0.182. The first-order chi connectivity index (χ1) is 8.85. The van der Waals surface area contributed by atoms with Gasteiger partial charge in [-0.25, -0.2) is 4.68 Å². The van der Waals surface area contributed by atoms with Crippen LogP contribution >= 0.6 is 0 Å². The van der Waals surface area contributed by atoms with Gasteiger partial charge in [-0.1, -0.05) is 0 Å². The summed E-state index contributed by atoms with van der Waals surface area (Å²) in [6.45, 7) is -0.379. The predicted molar refractivity (Wildman–Crippen MR) is 54.1 cm³/mol. The molecule has 0 aromatic carbocycles. The van der Waals surface area contributed by atoms with E-state index in [2.05, 4.69) is 25.1 Å². The third-order valence-electron chi connectivity index (χ3n) is 2.11. The van der Waals surface area contributed by atoms with Gasteiger partial charge in [0.1, 0.15) is 18.9 Å². The highest BCUT2D eigenvalue weighted by Gasteiger charge is 2.41. The number of β-lactam (4-membered cyclic amide) rings is 1. The van der Waals surface area contributed by atoms with Gasteiger partial charge in [-0.3, -0.25) is 14.1 Å². The molecule has 1 fully saturated rings. The fraction of sp³-hybridized carbons (Fsp3) is 0.500. The van der Waals surface area contributed by atoms with Gasteiger partial charge >= 0.3 is 10.4 Å². The molecule has 2 heterocycles. The Labute approximate surface area is 106 Å². The average Bonchev–Trinajstić information content (AvgIpc) is 2.78. The SMILES string of the molecule is O=C(Cn1cnnn1)N[C@H]1CN(OS(=O)(=O)O)C1=O. The molecular formula is C6H8N6O6S. The lowest BCUT2D eigenvalue weighted by Crippen LogP contribution is -2.64. The molecule has 0 aliphatic carbocycles. The molecule has 1 aromatic heterocycles. The largest absolute Gasteiger partial charge is 0.418 e. The Balaban J connectivity index is 1.80. The standard InChI is InChI=1S/C6H8N6O6S/c13-5(2-11-3-7-9-10-11)8-4-1-12(6(4)14)18-19(15,16)17/h3-4H,1-2H2,(H,8,13)(H,15,16,17)/t4-/m0/s1. The van der Waals surface area contributed by atoms with E-state index in [-0.39, 0.29) is 13.1 Å². The minimum Gasteiger partial charge on any atom is -0.341 e. The van der Waals surface area contributed by atoms with Crippen LogP contribution in [0, 0.1) is 0 Å². The molecule has 0 saturated carbocycles. The topological polar surface area (TPSA) is 157 Å². The number of hydroxylamine groups is 2. The zero-order chi connectivity index (χ0) is 14.0. The first-order valence-corrected chi connectivity index (χ1v) is 6.20. The number of hydrogen-bond acceptors (Lipinski definition) is 8. The molecule has 2 rings (SSSR count). The second kappa shape index (κ2) is 4.87. The van der Waals surface area contributed by atoms with Crippen LogP contribution in [-0.2, 0) is 30.8 Å². The zero-order valence-corrected chi connectivity index (χ0v) is 10.0. The summed E-state index contributed by atoms with van der Waals surface area (Å²) < 4.78 is 34.1. The molecule has 0 unspecified atom stereocenters. The second-order valence-corrected chi connectivity index (χ2v) is 4.53. The lowest BCUT2D eigenvalue weighted by Gasteiger charge is -2.35. The van der Waals surface area contributed by atoms with Crippen molar-refractivity contribution in [3.63, 3.8) is 0 Å². The summed E-state index contributed by atoms with van der Waals surface area (Å²) in [4.78, 5) is 22.8. The van der Waals surface area contributed by atoms with Gasteiger partial charge in [-0.15, -0.1) is 9.38 Å². The number of nitrogens with zero attached hydrogens (tertiary/aromatic N) is 5. The average molecular weight is 292 g/mol. The van der Waals surface area contributed by atoms with Crippen LogP contribution in [-0.4, -0.2) is 62.6 Å². The molecule has 2 N–H and O–H groups in total. The van der Waals surface area contributed by atoms with Gasteiger partial charge in [0.25, 0.3) is 5.91 Å². The Morgan fingerprint density at radius 1 is 1.63 bits per heavy atom. The van der Waals surface area contributed by atoms with Crippen molar-refractivity contribution in [2.24, 2.45) is 0 Å². The number of nitrogens with one attached hydrogen (secondary N) is 1. The molecule has 13 heteroatoms. The quantitative estimate of drug-likeness (QED) is 0.419. The van der Waals surface area contributed by atoms with Crippen LogP contribution < -0.4 is 5.32 Å². The van der Waals surface area contributed by atoms with Crippen molar-refractivity contribution in [1.82, 2.24) is 30.6 Å². The zero-order valence-electron chi connectivity index (χ0n) is 9.20. The molecule has 12 nitrogen and oxygen atoms in total. The number of carbonyl (C=O) groups is 2.